The third-order valence-corrected chi connectivity index (χ3v) is 7.46. The smallest absolute Gasteiger partial charge is 0.238 e. The van der Waals surface area contributed by atoms with Gasteiger partial charge in [0.15, 0.2) is 5.82 Å². The van der Waals surface area contributed by atoms with E-state index < -0.39 is 5.41 Å². The lowest BCUT2D eigenvalue weighted by Gasteiger charge is -2.58. The van der Waals surface area contributed by atoms with Gasteiger partial charge in [0.05, 0.1) is 36.6 Å². The number of anilines is 2. The Hall–Kier alpha value is -3.13. The topological polar surface area (TPSA) is 84.3 Å². The number of fused-ring (bicyclic) bond motifs is 1. The summed E-state index contributed by atoms with van der Waals surface area (Å²) in [6.45, 7) is 8.32. The van der Waals surface area contributed by atoms with E-state index in [1.165, 1.54) is 0 Å². The summed E-state index contributed by atoms with van der Waals surface area (Å²) in [5.74, 6) is 2.27. The second kappa shape index (κ2) is 6.68. The van der Waals surface area contributed by atoms with Gasteiger partial charge in [-0.25, -0.2) is 15.0 Å². The van der Waals surface area contributed by atoms with Crippen LogP contribution in [-0.4, -0.2) is 51.1 Å². The van der Waals surface area contributed by atoms with Gasteiger partial charge in [-0.15, -0.1) is 0 Å². The first-order valence-electron chi connectivity index (χ1n) is 11.1. The molecule has 32 heavy (non-hydrogen) atoms. The molecule has 5 heterocycles. The van der Waals surface area contributed by atoms with Crippen LogP contribution in [0.25, 0.3) is 5.57 Å². The minimum absolute atomic E-state index is 0.0558. The van der Waals surface area contributed by atoms with Crippen molar-refractivity contribution in [1.82, 2.24) is 19.9 Å². The molecule has 3 fully saturated rings. The van der Waals surface area contributed by atoms with Crippen molar-refractivity contribution in [3.63, 3.8) is 0 Å². The van der Waals surface area contributed by atoms with Gasteiger partial charge in [-0.2, -0.15) is 0 Å². The maximum absolute atomic E-state index is 13.6. The second-order valence-electron chi connectivity index (χ2n) is 9.75. The van der Waals surface area contributed by atoms with Gasteiger partial charge in [0, 0.05) is 36.1 Å². The molecular weight excluding hydrogens is 404 g/mol. The standard InChI is InChI=1S/C24H26N6O2/c1-15-26-9-17(10-27-15)16-4-5-18-19(8-16)30(22(31)23(18,2)3)21-12-25-11-20(28-21)29-7-6-24(29)13-32-14-24/h4,8-12,18H,5-7,13-14H2,1-3H3. The highest BCUT2D eigenvalue weighted by Gasteiger charge is 2.53. The maximum Gasteiger partial charge on any atom is 0.238 e. The van der Waals surface area contributed by atoms with Crippen molar-refractivity contribution in [2.75, 3.05) is 29.6 Å². The lowest BCUT2D eigenvalue weighted by Crippen LogP contribution is -2.71. The molecule has 3 saturated heterocycles. The lowest BCUT2D eigenvalue weighted by atomic mass is 9.75. The van der Waals surface area contributed by atoms with Gasteiger partial charge >= 0.3 is 0 Å². The van der Waals surface area contributed by atoms with E-state index in [2.05, 4.69) is 32.0 Å². The Bertz CT molecular complexity index is 1160. The summed E-state index contributed by atoms with van der Waals surface area (Å²) in [5, 5.41) is 0. The number of nitrogens with zero attached hydrogens (tertiary/aromatic N) is 6. The average molecular weight is 431 g/mol. The Morgan fingerprint density at radius 2 is 1.84 bits per heavy atom. The fourth-order valence-corrected chi connectivity index (χ4v) is 5.22. The third kappa shape index (κ3) is 2.68. The van der Waals surface area contributed by atoms with E-state index in [1.54, 1.807) is 17.3 Å². The minimum atomic E-state index is -0.519. The normalized spacial score (nSPS) is 25.1. The number of carbonyl (C=O) groups excluding carboxylic acids is 1. The van der Waals surface area contributed by atoms with Gasteiger partial charge in [-0.3, -0.25) is 14.7 Å². The van der Waals surface area contributed by atoms with Crippen LogP contribution in [0.3, 0.4) is 0 Å². The average Bonchev–Trinajstić information content (AvgIpc) is 2.92. The number of hydrogen-bond acceptors (Lipinski definition) is 7. The Labute approximate surface area is 187 Å². The van der Waals surface area contributed by atoms with Crippen LogP contribution in [0.1, 0.15) is 38.1 Å². The monoisotopic (exact) mass is 430 g/mol. The van der Waals surface area contributed by atoms with Crippen LogP contribution < -0.4 is 9.80 Å². The van der Waals surface area contributed by atoms with Gasteiger partial charge in [0.2, 0.25) is 5.91 Å². The van der Waals surface area contributed by atoms with E-state index in [0.717, 1.165) is 61.1 Å². The second-order valence-corrected chi connectivity index (χ2v) is 9.75. The molecule has 0 N–H and O–H groups in total. The highest BCUT2D eigenvalue weighted by atomic mass is 16.5. The first-order chi connectivity index (χ1) is 15.4. The molecule has 2 aromatic rings. The number of aryl methyl sites for hydroxylation is 1. The van der Waals surface area contributed by atoms with Crippen molar-refractivity contribution in [3.05, 3.63) is 54.0 Å². The van der Waals surface area contributed by atoms with Gasteiger partial charge in [-0.1, -0.05) is 19.9 Å². The van der Waals surface area contributed by atoms with Crippen LogP contribution in [0, 0.1) is 18.3 Å². The predicted octanol–water partition coefficient (Wildman–Crippen LogP) is 2.91. The number of aromatic nitrogens is 4. The van der Waals surface area contributed by atoms with Crippen LogP contribution in [0.15, 0.2) is 42.6 Å². The summed E-state index contributed by atoms with van der Waals surface area (Å²) in [6, 6.07) is 0. The van der Waals surface area contributed by atoms with Crippen LogP contribution in [-0.2, 0) is 9.53 Å². The molecule has 8 nitrogen and oxygen atoms in total. The van der Waals surface area contributed by atoms with Crippen molar-refractivity contribution in [2.45, 2.75) is 39.2 Å². The molecule has 0 bridgehead atoms. The van der Waals surface area contributed by atoms with E-state index in [4.69, 9.17) is 9.72 Å². The van der Waals surface area contributed by atoms with Crippen molar-refractivity contribution in [1.29, 1.82) is 0 Å². The quantitative estimate of drug-likeness (QED) is 0.740. The van der Waals surface area contributed by atoms with E-state index in [1.807, 2.05) is 33.2 Å². The molecule has 0 aromatic carbocycles. The van der Waals surface area contributed by atoms with Crippen LogP contribution in [0.4, 0.5) is 11.6 Å². The summed E-state index contributed by atoms with van der Waals surface area (Å²) in [4.78, 5) is 35.6. The molecule has 1 aliphatic carbocycles. The maximum atomic E-state index is 13.6. The zero-order chi connectivity index (χ0) is 22.1. The number of rotatable bonds is 3. The fraction of sp³-hybridized carbons (Fsp3) is 0.458. The number of carbonyl (C=O) groups is 1. The zero-order valence-electron chi connectivity index (χ0n) is 18.6. The first-order valence-corrected chi connectivity index (χ1v) is 11.1. The molecule has 164 valence electrons. The van der Waals surface area contributed by atoms with E-state index in [-0.39, 0.29) is 17.4 Å². The van der Waals surface area contributed by atoms with Crippen molar-refractivity contribution >= 4 is 23.1 Å². The molecule has 1 amide bonds. The van der Waals surface area contributed by atoms with Gasteiger partial charge in [0.1, 0.15) is 11.6 Å². The number of allylic oxidation sites excluding steroid dienone is 4. The van der Waals surface area contributed by atoms with Crippen LogP contribution >= 0.6 is 0 Å². The Balaban J connectivity index is 1.39. The highest BCUT2D eigenvalue weighted by Crippen LogP contribution is 2.50. The molecule has 1 spiro atoms. The lowest BCUT2D eigenvalue weighted by molar-refractivity contribution is -0.125. The summed E-state index contributed by atoms with van der Waals surface area (Å²) >= 11 is 0. The molecule has 6 rings (SSSR count). The summed E-state index contributed by atoms with van der Waals surface area (Å²) < 4.78 is 5.46. The highest BCUT2D eigenvalue weighted by molar-refractivity contribution is 6.04. The van der Waals surface area contributed by atoms with E-state index >= 15 is 0 Å². The molecule has 1 unspecified atom stereocenters. The molecule has 2 aromatic heterocycles. The first kappa shape index (κ1) is 19.5. The van der Waals surface area contributed by atoms with Gasteiger partial charge < -0.3 is 9.64 Å². The van der Waals surface area contributed by atoms with Gasteiger partial charge in [-0.05, 0) is 31.4 Å². The number of hydrogen-bond donors (Lipinski definition) is 0. The molecule has 0 saturated carbocycles. The molecule has 0 radical (unpaired) electrons. The predicted molar refractivity (Wildman–Crippen MR) is 120 cm³/mol. The molecular formula is C24H26N6O2. The van der Waals surface area contributed by atoms with Crippen molar-refractivity contribution in [3.8, 4) is 0 Å². The van der Waals surface area contributed by atoms with E-state index in [0.29, 0.717) is 5.82 Å². The van der Waals surface area contributed by atoms with Crippen LogP contribution in [0.5, 0.6) is 0 Å². The molecule has 4 aliphatic rings. The fourth-order valence-electron chi connectivity index (χ4n) is 5.22. The minimum Gasteiger partial charge on any atom is -0.376 e. The third-order valence-electron chi connectivity index (χ3n) is 7.46. The largest absolute Gasteiger partial charge is 0.376 e. The molecule has 8 heteroatoms. The number of ether oxygens (including phenoxy) is 1. The number of amides is 1. The Kier molecular flexibility index (Phi) is 4.08. The summed E-state index contributed by atoms with van der Waals surface area (Å²) in [5.41, 5.74) is 2.50. The zero-order valence-corrected chi connectivity index (χ0v) is 18.6. The Morgan fingerprint density at radius 3 is 2.50 bits per heavy atom. The SMILES string of the molecule is Cc1ncc(C2=CCC3C(=C2)N(c2cncc(N4CCC45COC5)n2)C(=O)C3(C)C)cn1. The molecule has 1 atom stereocenters. The summed E-state index contributed by atoms with van der Waals surface area (Å²) in [6.07, 6.45) is 13.3. The van der Waals surface area contributed by atoms with Crippen molar-refractivity contribution in [2.24, 2.45) is 11.3 Å². The van der Waals surface area contributed by atoms with E-state index in [9.17, 15) is 4.79 Å². The van der Waals surface area contributed by atoms with Crippen LogP contribution in [0.2, 0.25) is 0 Å². The van der Waals surface area contributed by atoms with Gasteiger partial charge in [0.25, 0.3) is 0 Å². The molecule has 3 aliphatic heterocycles. The Morgan fingerprint density at radius 1 is 1.09 bits per heavy atom. The summed E-state index contributed by atoms with van der Waals surface area (Å²) in [7, 11) is 0. The van der Waals surface area contributed by atoms with Crippen molar-refractivity contribution < 1.29 is 9.53 Å².